The molecule has 1 saturated heterocycles. The molecule has 0 unspecified atom stereocenters. The molecule has 0 saturated carbocycles. The molecular weight excluding hydrogens is 318 g/mol. The number of aromatic nitrogens is 3. The topological polar surface area (TPSA) is 84.2 Å². The summed E-state index contributed by atoms with van der Waals surface area (Å²) in [7, 11) is 0. The average molecular weight is 343 g/mol. The van der Waals surface area contributed by atoms with Gasteiger partial charge in [-0.05, 0) is 52.6 Å². The number of aryl methyl sites for hydroxylation is 3. The summed E-state index contributed by atoms with van der Waals surface area (Å²) in [5.74, 6) is 2.03. The first-order valence-electron chi connectivity index (χ1n) is 8.73. The zero-order chi connectivity index (χ0) is 17.8. The zero-order valence-electron chi connectivity index (χ0n) is 15.1. The lowest BCUT2D eigenvalue weighted by molar-refractivity contribution is 0.0928. The average Bonchev–Trinajstić information content (AvgIpc) is 2.92. The van der Waals surface area contributed by atoms with E-state index < -0.39 is 0 Å². The first kappa shape index (κ1) is 17.5. The maximum atomic E-state index is 12.1. The van der Waals surface area contributed by atoms with E-state index in [9.17, 15) is 4.79 Å². The number of nitrogens with zero attached hydrogens (tertiary/aromatic N) is 4. The van der Waals surface area contributed by atoms with Crippen molar-refractivity contribution in [2.24, 2.45) is 5.92 Å². The number of hydrogen-bond acceptors (Lipinski definition) is 6. The SMILES string of the molecule is Cc1cnc(C(=O)NCC2CCN(Cc3nc(C)c(C)o3)CC2)cn1. The molecule has 1 N–H and O–H groups in total. The van der Waals surface area contributed by atoms with Gasteiger partial charge in [-0.15, -0.1) is 0 Å². The molecule has 7 nitrogen and oxygen atoms in total. The Morgan fingerprint density at radius 3 is 2.60 bits per heavy atom. The van der Waals surface area contributed by atoms with E-state index >= 15 is 0 Å². The Bertz CT molecular complexity index is 698. The van der Waals surface area contributed by atoms with Crippen molar-refractivity contribution in [2.75, 3.05) is 19.6 Å². The summed E-state index contributed by atoms with van der Waals surface area (Å²) in [6.45, 7) is 9.18. The summed E-state index contributed by atoms with van der Waals surface area (Å²) < 4.78 is 5.66. The molecule has 0 spiro atoms. The highest BCUT2D eigenvalue weighted by Crippen LogP contribution is 2.19. The smallest absolute Gasteiger partial charge is 0.271 e. The minimum absolute atomic E-state index is 0.152. The maximum absolute atomic E-state index is 12.1. The molecule has 134 valence electrons. The standard InChI is InChI=1S/C18H25N5O2/c1-12-8-20-16(10-19-12)18(24)21-9-15-4-6-23(7-5-15)11-17-22-13(2)14(3)25-17/h8,10,15H,4-7,9,11H2,1-3H3,(H,21,24). The Morgan fingerprint density at radius 1 is 1.24 bits per heavy atom. The number of hydrogen-bond donors (Lipinski definition) is 1. The number of carbonyl (C=O) groups is 1. The fourth-order valence-electron chi connectivity index (χ4n) is 2.98. The van der Waals surface area contributed by atoms with Crippen LogP contribution in [0.5, 0.6) is 0 Å². The van der Waals surface area contributed by atoms with E-state index in [2.05, 4.69) is 25.2 Å². The molecule has 7 heteroatoms. The molecule has 1 fully saturated rings. The van der Waals surface area contributed by atoms with Gasteiger partial charge < -0.3 is 9.73 Å². The number of rotatable bonds is 5. The summed E-state index contributed by atoms with van der Waals surface area (Å²) in [6.07, 6.45) is 5.24. The third-order valence-electron chi connectivity index (χ3n) is 4.70. The van der Waals surface area contributed by atoms with Crippen molar-refractivity contribution in [1.29, 1.82) is 0 Å². The lowest BCUT2D eigenvalue weighted by atomic mass is 9.97. The summed E-state index contributed by atoms with van der Waals surface area (Å²) >= 11 is 0. The van der Waals surface area contributed by atoms with Crippen molar-refractivity contribution < 1.29 is 9.21 Å². The largest absolute Gasteiger partial charge is 0.444 e. The van der Waals surface area contributed by atoms with Crippen LogP contribution < -0.4 is 5.32 Å². The molecule has 1 aliphatic rings. The van der Waals surface area contributed by atoms with Crippen molar-refractivity contribution in [3.8, 4) is 0 Å². The van der Waals surface area contributed by atoms with Gasteiger partial charge in [0.15, 0.2) is 0 Å². The molecule has 3 heterocycles. The molecule has 25 heavy (non-hydrogen) atoms. The van der Waals surface area contributed by atoms with Gasteiger partial charge in [0.2, 0.25) is 5.89 Å². The molecule has 0 bridgehead atoms. The van der Waals surface area contributed by atoms with E-state index in [1.165, 1.54) is 6.20 Å². The first-order chi connectivity index (χ1) is 12.0. The summed E-state index contributed by atoms with van der Waals surface area (Å²) in [5.41, 5.74) is 2.14. The highest BCUT2D eigenvalue weighted by molar-refractivity contribution is 5.91. The van der Waals surface area contributed by atoms with E-state index in [4.69, 9.17) is 4.42 Å². The van der Waals surface area contributed by atoms with E-state index in [0.717, 1.165) is 55.5 Å². The van der Waals surface area contributed by atoms with E-state index in [-0.39, 0.29) is 5.91 Å². The molecular formula is C18H25N5O2. The highest BCUT2D eigenvalue weighted by atomic mass is 16.4. The molecule has 0 aliphatic carbocycles. The van der Waals surface area contributed by atoms with E-state index in [0.29, 0.717) is 18.2 Å². The normalized spacial score (nSPS) is 16.1. The molecule has 1 amide bonds. The van der Waals surface area contributed by atoms with Crippen LogP contribution in [-0.2, 0) is 6.54 Å². The molecule has 2 aromatic heterocycles. The minimum Gasteiger partial charge on any atom is -0.444 e. The Balaban J connectivity index is 1.41. The lowest BCUT2D eigenvalue weighted by Gasteiger charge is -2.31. The Labute approximate surface area is 147 Å². The van der Waals surface area contributed by atoms with Crippen LogP contribution in [0.2, 0.25) is 0 Å². The van der Waals surface area contributed by atoms with Crippen molar-refractivity contribution in [3.63, 3.8) is 0 Å². The Morgan fingerprint density at radius 2 is 2.00 bits per heavy atom. The van der Waals surface area contributed by atoms with E-state index in [1.54, 1.807) is 6.20 Å². The second-order valence-corrected chi connectivity index (χ2v) is 6.72. The number of piperidine rings is 1. The Hall–Kier alpha value is -2.28. The zero-order valence-corrected chi connectivity index (χ0v) is 15.1. The number of likely N-dealkylation sites (tertiary alicyclic amines) is 1. The predicted octanol–water partition coefficient (Wildman–Crippen LogP) is 2.03. The maximum Gasteiger partial charge on any atom is 0.271 e. The second-order valence-electron chi connectivity index (χ2n) is 6.72. The van der Waals surface area contributed by atoms with Gasteiger partial charge in [0.25, 0.3) is 5.91 Å². The van der Waals surface area contributed by atoms with Crippen LogP contribution in [0.25, 0.3) is 0 Å². The third-order valence-corrected chi connectivity index (χ3v) is 4.70. The van der Waals surface area contributed by atoms with Crippen molar-refractivity contribution in [2.45, 2.75) is 40.2 Å². The molecule has 2 aromatic rings. The summed E-state index contributed by atoms with van der Waals surface area (Å²) in [4.78, 5) is 27.1. The van der Waals surface area contributed by atoms with Gasteiger partial charge in [-0.2, -0.15) is 0 Å². The van der Waals surface area contributed by atoms with Gasteiger partial charge in [-0.25, -0.2) is 9.97 Å². The second kappa shape index (κ2) is 7.74. The molecule has 0 radical (unpaired) electrons. The van der Waals surface area contributed by atoms with Crippen LogP contribution >= 0.6 is 0 Å². The number of carbonyl (C=O) groups excluding carboxylic acids is 1. The first-order valence-corrected chi connectivity index (χ1v) is 8.73. The van der Waals surface area contributed by atoms with Gasteiger partial charge in [0, 0.05) is 12.7 Å². The summed E-state index contributed by atoms with van der Waals surface area (Å²) in [5, 5.41) is 2.97. The predicted molar refractivity (Wildman–Crippen MR) is 93.1 cm³/mol. The third kappa shape index (κ3) is 4.63. The minimum atomic E-state index is -0.152. The van der Waals surface area contributed by atoms with Gasteiger partial charge in [0.05, 0.1) is 24.1 Å². The van der Waals surface area contributed by atoms with Crippen LogP contribution in [0.4, 0.5) is 0 Å². The molecule has 0 aromatic carbocycles. The number of nitrogens with one attached hydrogen (secondary N) is 1. The van der Waals surface area contributed by atoms with Crippen LogP contribution in [0, 0.1) is 26.7 Å². The number of oxazole rings is 1. The molecule has 0 atom stereocenters. The highest BCUT2D eigenvalue weighted by Gasteiger charge is 2.21. The quantitative estimate of drug-likeness (QED) is 0.894. The Kier molecular flexibility index (Phi) is 5.43. The van der Waals surface area contributed by atoms with Crippen LogP contribution in [0.3, 0.4) is 0 Å². The monoisotopic (exact) mass is 343 g/mol. The van der Waals surface area contributed by atoms with Gasteiger partial charge in [-0.1, -0.05) is 0 Å². The van der Waals surface area contributed by atoms with Crippen LogP contribution in [0.1, 0.15) is 46.4 Å². The van der Waals surface area contributed by atoms with Gasteiger partial charge in [-0.3, -0.25) is 14.7 Å². The van der Waals surface area contributed by atoms with Crippen molar-refractivity contribution in [3.05, 3.63) is 41.1 Å². The lowest BCUT2D eigenvalue weighted by Crippen LogP contribution is -2.38. The van der Waals surface area contributed by atoms with E-state index in [1.807, 2.05) is 20.8 Å². The summed E-state index contributed by atoms with van der Waals surface area (Å²) in [6, 6.07) is 0. The molecule has 1 aliphatic heterocycles. The fourth-order valence-corrected chi connectivity index (χ4v) is 2.98. The van der Waals surface area contributed by atoms with Gasteiger partial charge in [0.1, 0.15) is 11.5 Å². The van der Waals surface area contributed by atoms with Crippen LogP contribution in [0.15, 0.2) is 16.8 Å². The van der Waals surface area contributed by atoms with Crippen LogP contribution in [-0.4, -0.2) is 45.4 Å². The molecule has 3 rings (SSSR count). The van der Waals surface area contributed by atoms with Gasteiger partial charge >= 0.3 is 0 Å². The van der Waals surface area contributed by atoms with Crippen molar-refractivity contribution >= 4 is 5.91 Å². The fraction of sp³-hybridized carbons (Fsp3) is 0.556. The number of amides is 1. The van der Waals surface area contributed by atoms with Crippen molar-refractivity contribution in [1.82, 2.24) is 25.2 Å².